The van der Waals surface area contributed by atoms with Crippen molar-refractivity contribution in [1.29, 1.82) is 0 Å². The molecule has 47 heavy (non-hydrogen) atoms. The fourth-order valence-corrected chi connectivity index (χ4v) is 7.86. The van der Waals surface area contributed by atoms with Crippen molar-refractivity contribution < 1.29 is 24.0 Å². The number of hydrogen-bond donors (Lipinski definition) is 4. The van der Waals surface area contributed by atoms with E-state index >= 15 is 0 Å². The Morgan fingerprint density at radius 2 is 1.64 bits per heavy atom. The zero-order valence-electron chi connectivity index (χ0n) is 29.7. The second kappa shape index (κ2) is 14.0. The number of nitrogens with two attached hydrogens (primary N) is 1. The summed E-state index contributed by atoms with van der Waals surface area (Å²) in [4.78, 5) is 68.0. The maximum atomic E-state index is 14.4. The third-order valence-corrected chi connectivity index (χ3v) is 10.6. The molecule has 5 N–H and O–H groups in total. The number of carbonyl (C=O) groups is 5. The first kappa shape index (κ1) is 36.4. The molecule has 3 fully saturated rings. The number of benzene rings is 1. The Morgan fingerprint density at radius 1 is 1.00 bits per heavy atom. The second-order valence-electron chi connectivity index (χ2n) is 16.8. The lowest BCUT2D eigenvalue weighted by Gasteiger charge is -2.39. The van der Waals surface area contributed by atoms with E-state index in [0.717, 1.165) is 38.5 Å². The van der Waals surface area contributed by atoms with Gasteiger partial charge in [0.2, 0.25) is 17.6 Å². The fraction of sp³-hybridized carbons (Fsp3) is 0.703. The number of likely N-dealkylation sites (tertiary alicyclic amines) is 1. The first-order valence-electron chi connectivity index (χ1n) is 17.4. The molecule has 1 aromatic carbocycles. The number of nitrogens with zero attached hydrogens (tertiary/aromatic N) is 1. The molecule has 2 aliphatic carbocycles. The average molecular weight is 652 g/mol. The lowest BCUT2D eigenvalue weighted by molar-refractivity contribution is -0.145. The lowest BCUT2D eigenvalue weighted by atomic mass is 9.84. The van der Waals surface area contributed by atoms with Gasteiger partial charge in [-0.25, -0.2) is 4.79 Å². The molecule has 260 valence electrons. The Morgan fingerprint density at radius 3 is 2.19 bits per heavy atom. The molecule has 4 rings (SSSR count). The normalized spacial score (nSPS) is 24.0. The Balaban J connectivity index is 1.49. The number of hydrogen-bond acceptors (Lipinski definition) is 5. The number of amides is 5. The quantitative estimate of drug-likeness (QED) is 0.208. The Hall–Kier alpha value is -3.43. The molecular formula is C37H57N5O5. The van der Waals surface area contributed by atoms with Gasteiger partial charge in [-0.1, -0.05) is 91.6 Å². The highest BCUT2D eigenvalue weighted by Gasteiger charge is 2.70. The van der Waals surface area contributed by atoms with Gasteiger partial charge in [0.1, 0.15) is 12.1 Å². The number of aryl methyl sites for hydroxylation is 1. The van der Waals surface area contributed by atoms with Crippen molar-refractivity contribution >= 4 is 29.5 Å². The average Bonchev–Trinajstić information content (AvgIpc) is 3.81. The van der Waals surface area contributed by atoms with Gasteiger partial charge in [0, 0.05) is 12.1 Å². The summed E-state index contributed by atoms with van der Waals surface area (Å²) in [6, 6.07) is 7.15. The summed E-state index contributed by atoms with van der Waals surface area (Å²) < 4.78 is 0. The first-order valence-corrected chi connectivity index (χ1v) is 17.4. The molecule has 0 spiro atoms. The van der Waals surface area contributed by atoms with Crippen LogP contribution in [0.5, 0.6) is 0 Å². The minimum Gasteiger partial charge on any atom is -0.363 e. The van der Waals surface area contributed by atoms with E-state index < -0.39 is 52.7 Å². The number of rotatable bonds is 15. The van der Waals surface area contributed by atoms with Crippen molar-refractivity contribution in [2.45, 2.75) is 124 Å². The summed E-state index contributed by atoms with van der Waals surface area (Å²) in [6.45, 7) is 16.6. The van der Waals surface area contributed by atoms with Crippen LogP contribution in [0.2, 0.25) is 0 Å². The Bertz CT molecular complexity index is 1330. The van der Waals surface area contributed by atoms with Gasteiger partial charge in [-0.3, -0.25) is 19.2 Å². The van der Waals surface area contributed by atoms with Crippen molar-refractivity contribution in [3.63, 3.8) is 0 Å². The summed E-state index contributed by atoms with van der Waals surface area (Å²) in [5.41, 5.74) is 5.29. The van der Waals surface area contributed by atoms with Crippen LogP contribution in [0, 0.1) is 34.5 Å². The minimum atomic E-state index is -1.08. The summed E-state index contributed by atoms with van der Waals surface area (Å²) >= 11 is 0. The molecular weight excluding hydrogens is 594 g/mol. The molecule has 6 atom stereocenters. The number of carbonyl (C=O) groups excluding carboxylic acids is 5. The molecule has 1 aromatic rings. The molecule has 3 aliphatic rings. The van der Waals surface area contributed by atoms with E-state index in [4.69, 9.17) is 5.73 Å². The maximum absolute atomic E-state index is 14.4. The molecule has 2 saturated carbocycles. The van der Waals surface area contributed by atoms with Crippen LogP contribution in [-0.4, -0.2) is 64.6 Å². The number of primary amides is 1. The number of nitrogens with one attached hydrogen (secondary N) is 3. The number of ketones is 1. The molecule has 0 radical (unpaired) electrons. The van der Waals surface area contributed by atoms with Gasteiger partial charge in [0.05, 0.1) is 6.04 Å². The Kier molecular flexibility index (Phi) is 10.8. The van der Waals surface area contributed by atoms with Crippen molar-refractivity contribution in [2.75, 3.05) is 6.54 Å². The monoisotopic (exact) mass is 651 g/mol. The molecule has 0 aromatic heterocycles. The third-order valence-electron chi connectivity index (χ3n) is 10.6. The number of urea groups is 1. The van der Waals surface area contributed by atoms with Gasteiger partial charge in [0.25, 0.3) is 5.91 Å². The van der Waals surface area contributed by atoms with Gasteiger partial charge >= 0.3 is 6.03 Å². The number of piperidine rings is 1. The van der Waals surface area contributed by atoms with Crippen molar-refractivity contribution in [3.8, 4) is 0 Å². The fourth-order valence-electron chi connectivity index (χ4n) is 7.86. The van der Waals surface area contributed by atoms with Gasteiger partial charge < -0.3 is 26.6 Å². The topological polar surface area (TPSA) is 151 Å². The lowest BCUT2D eigenvalue weighted by Crippen LogP contribution is -2.62. The van der Waals surface area contributed by atoms with Gasteiger partial charge in [-0.15, -0.1) is 0 Å². The van der Waals surface area contributed by atoms with Crippen LogP contribution in [0.25, 0.3) is 0 Å². The zero-order chi connectivity index (χ0) is 34.9. The summed E-state index contributed by atoms with van der Waals surface area (Å²) in [7, 11) is 0. The highest BCUT2D eigenvalue weighted by atomic mass is 16.2. The first-order chi connectivity index (χ1) is 21.8. The van der Waals surface area contributed by atoms with Crippen LogP contribution < -0.4 is 21.7 Å². The molecule has 10 heteroatoms. The largest absolute Gasteiger partial charge is 0.363 e. The van der Waals surface area contributed by atoms with Crippen molar-refractivity contribution in [3.05, 3.63) is 35.9 Å². The molecule has 1 heterocycles. The number of fused-ring (bicyclic) bond motifs is 1. The summed E-state index contributed by atoms with van der Waals surface area (Å²) in [5.74, 6) is -2.03. The predicted molar refractivity (Wildman–Crippen MR) is 182 cm³/mol. The van der Waals surface area contributed by atoms with E-state index in [2.05, 4.69) is 62.7 Å². The van der Waals surface area contributed by atoms with Gasteiger partial charge in [0.15, 0.2) is 0 Å². The zero-order valence-corrected chi connectivity index (χ0v) is 29.7. The van der Waals surface area contributed by atoms with E-state index in [0.29, 0.717) is 18.9 Å². The standard InChI is InChI=1S/C37H57N5O5/c1-22(2)20-37(8,18-12-15-23-13-10-9-11-14-23)41-34(47)40-30(35(3,4)5)33(46)42-21-25-27(36(25,6)7)28(42)32(45)39-26(19-24-16-17-24)29(43)31(38)44/h9-11,13-14,22,24-28,30H,12,15-21H2,1-8H3,(H2,38,44)(H,39,45)(H2,40,41,47)/t25?,26?,27-,28-,30+,37?/m0/s1. The maximum Gasteiger partial charge on any atom is 0.315 e. The van der Waals surface area contributed by atoms with E-state index in [9.17, 15) is 24.0 Å². The van der Waals surface area contributed by atoms with Crippen LogP contribution >= 0.6 is 0 Å². The van der Waals surface area contributed by atoms with E-state index in [-0.39, 0.29) is 29.1 Å². The van der Waals surface area contributed by atoms with Crippen LogP contribution in [0.15, 0.2) is 30.3 Å². The second-order valence-corrected chi connectivity index (χ2v) is 16.8. The highest BCUT2D eigenvalue weighted by molar-refractivity contribution is 6.37. The Labute approximate surface area is 280 Å². The molecule has 1 aliphatic heterocycles. The smallest absolute Gasteiger partial charge is 0.315 e. The van der Waals surface area contributed by atoms with Crippen LogP contribution in [0.1, 0.15) is 99.5 Å². The van der Waals surface area contributed by atoms with E-state index in [1.807, 2.05) is 39.0 Å². The molecule has 10 nitrogen and oxygen atoms in total. The van der Waals surface area contributed by atoms with Crippen LogP contribution in [0.4, 0.5) is 4.79 Å². The summed E-state index contributed by atoms with van der Waals surface area (Å²) in [5, 5.41) is 9.02. The SMILES string of the molecule is CC(C)CC(C)(CCCc1ccccc1)NC(=O)N[C@H](C(=O)N1CC2[C@@H]([C@H]1C(=O)NC(CC1CC1)C(=O)C(N)=O)C2(C)C)C(C)(C)C. The van der Waals surface area contributed by atoms with E-state index in [1.165, 1.54) is 5.56 Å². The van der Waals surface area contributed by atoms with Gasteiger partial charge in [-0.2, -0.15) is 0 Å². The van der Waals surface area contributed by atoms with Crippen molar-refractivity contribution in [1.82, 2.24) is 20.9 Å². The molecule has 5 amide bonds. The molecule has 0 bridgehead atoms. The minimum absolute atomic E-state index is 0.0925. The third kappa shape index (κ3) is 8.93. The number of Topliss-reactive ketones (excluding diaryl/α,β-unsaturated/α-hetero) is 1. The molecule has 3 unspecified atom stereocenters. The summed E-state index contributed by atoms with van der Waals surface area (Å²) in [6.07, 6.45) is 5.60. The van der Waals surface area contributed by atoms with Crippen molar-refractivity contribution in [2.24, 2.45) is 40.2 Å². The van der Waals surface area contributed by atoms with Crippen LogP contribution in [0.3, 0.4) is 0 Å². The van der Waals surface area contributed by atoms with Crippen LogP contribution in [-0.2, 0) is 25.6 Å². The molecule has 1 saturated heterocycles. The van der Waals surface area contributed by atoms with Gasteiger partial charge in [-0.05, 0) is 79.1 Å². The predicted octanol–water partition coefficient (Wildman–Crippen LogP) is 4.35. The van der Waals surface area contributed by atoms with E-state index in [1.54, 1.807) is 4.90 Å². The highest BCUT2D eigenvalue weighted by Crippen LogP contribution is 2.65.